The molecule has 1 saturated carbocycles. The van der Waals surface area contributed by atoms with E-state index >= 15 is 0 Å². The van der Waals surface area contributed by atoms with E-state index in [-0.39, 0.29) is 28.4 Å². The third-order valence-electron chi connectivity index (χ3n) is 8.16. The van der Waals surface area contributed by atoms with Gasteiger partial charge in [0.15, 0.2) is 9.84 Å². The third kappa shape index (κ3) is 5.93. The van der Waals surface area contributed by atoms with Crippen molar-refractivity contribution in [3.05, 3.63) is 81.4 Å². The molecule has 0 atom stereocenters. The molecule has 0 unspecified atom stereocenters. The number of hydrogen-bond donors (Lipinski definition) is 1. The van der Waals surface area contributed by atoms with Gasteiger partial charge in [0.05, 0.1) is 21.7 Å². The van der Waals surface area contributed by atoms with Crippen LogP contribution in [0.5, 0.6) is 5.75 Å². The lowest BCUT2D eigenvalue weighted by Crippen LogP contribution is -2.44. The highest BCUT2D eigenvalue weighted by molar-refractivity contribution is 7.90. The molecule has 1 fully saturated rings. The van der Waals surface area contributed by atoms with Crippen LogP contribution in [0.15, 0.2) is 59.5 Å². The Morgan fingerprint density at radius 3 is 2.48 bits per heavy atom. The SMILES string of the molecule is CNC1CCC(N(Cc2cc(-c3ccccc3S(C)(=O)=O)ccc2OC)C(=O)c2sc3c(F)ccc(C)c3c2Cl)CC1. The predicted molar refractivity (Wildman–Crippen MR) is 168 cm³/mol. The van der Waals surface area contributed by atoms with Crippen LogP contribution < -0.4 is 10.1 Å². The summed E-state index contributed by atoms with van der Waals surface area (Å²) in [4.78, 5) is 16.7. The van der Waals surface area contributed by atoms with E-state index in [0.29, 0.717) is 37.9 Å². The lowest BCUT2D eigenvalue weighted by Gasteiger charge is -2.37. The average molecular weight is 629 g/mol. The van der Waals surface area contributed by atoms with Gasteiger partial charge < -0.3 is 15.0 Å². The van der Waals surface area contributed by atoms with Crippen molar-refractivity contribution in [3.63, 3.8) is 0 Å². The molecule has 1 heterocycles. The number of benzene rings is 3. The minimum Gasteiger partial charge on any atom is -0.496 e. The third-order valence-corrected chi connectivity index (χ3v) is 11.0. The van der Waals surface area contributed by atoms with Gasteiger partial charge in [0, 0.05) is 41.4 Å². The van der Waals surface area contributed by atoms with Crippen molar-refractivity contribution in [1.29, 1.82) is 0 Å². The van der Waals surface area contributed by atoms with Gasteiger partial charge in [-0.2, -0.15) is 0 Å². The van der Waals surface area contributed by atoms with Crippen molar-refractivity contribution in [2.75, 3.05) is 20.4 Å². The fourth-order valence-corrected chi connectivity index (χ4v) is 8.42. The molecule has 0 bridgehead atoms. The number of carbonyl (C=O) groups is 1. The van der Waals surface area contributed by atoms with Crippen LogP contribution >= 0.6 is 22.9 Å². The van der Waals surface area contributed by atoms with Gasteiger partial charge in [0.2, 0.25) is 0 Å². The molecule has 0 radical (unpaired) electrons. The number of nitrogens with one attached hydrogen (secondary N) is 1. The van der Waals surface area contributed by atoms with Crippen molar-refractivity contribution in [3.8, 4) is 16.9 Å². The van der Waals surface area contributed by atoms with Crippen LogP contribution in [-0.2, 0) is 16.4 Å². The summed E-state index contributed by atoms with van der Waals surface area (Å²) in [5.41, 5.74) is 2.83. The number of methoxy groups -OCH3 is 1. The van der Waals surface area contributed by atoms with Crippen molar-refractivity contribution < 1.29 is 22.3 Å². The number of halogens is 2. The average Bonchev–Trinajstić information content (AvgIpc) is 3.35. The van der Waals surface area contributed by atoms with E-state index < -0.39 is 15.7 Å². The number of amides is 1. The van der Waals surface area contributed by atoms with E-state index in [9.17, 15) is 17.6 Å². The number of nitrogens with zero attached hydrogens (tertiary/aromatic N) is 1. The number of rotatable bonds is 8. The summed E-state index contributed by atoms with van der Waals surface area (Å²) in [6.07, 6.45) is 4.62. The van der Waals surface area contributed by atoms with Gasteiger partial charge in [0.25, 0.3) is 5.91 Å². The maximum atomic E-state index is 14.8. The van der Waals surface area contributed by atoms with Crippen molar-refractivity contribution >= 4 is 48.8 Å². The first-order valence-corrected chi connectivity index (χ1v) is 16.9. The van der Waals surface area contributed by atoms with Crippen molar-refractivity contribution in [2.45, 2.75) is 56.1 Å². The summed E-state index contributed by atoms with van der Waals surface area (Å²) >= 11 is 7.88. The second-order valence-electron chi connectivity index (χ2n) is 10.8. The molecule has 1 aliphatic rings. The Balaban J connectivity index is 1.59. The molecule has 1 N–H and O–H groups in total. The monoisotopic (exact) mass is 628 g/mol. The first-order chi connectivity index (χ1) is 20.0. The highest BCUT2D eigenvalue weighted by Gasteiger charge is 2.33. The summed E-state index contributed by atoms with van der Waals surface area (Å²) in [6, 6.07) is 15.8. The largest absolute Gasteiger partial charge is 0.496 e. The van der Waals surface area contributed by atoms with Gasteiger partial charge in [-0.3, -0.25) is 4.79 Å². The maximum absolute atomic E-state index is 14.8. The normalized spacial score (nSPS) is 17.4. The number of carbonyl (C=O) groups excluding carboxylic acids is 1. The maximum Gasteiger partial charge on any atom is 0.266 e. The molecule has 10 heteroatoms. The second-order valence-corrected chi connectivity index (χ2v) is 14.2. The Labute approximate surface area is 255 Å². The van der Waals surface area contributed by atoms with Crippen LogP contribution in [0.25, 0.3) is 21.2 Å². The lowest BCUT2D eigenvalue weighted by molar-refractivity contribution is 0.0604. The number of sulfone groups is 1. The molecule has 1 aliphatic carbocycles. The quantitative estimate of drug-likeness (QED) is 0.222. The number of fused-ring (bicyclic) bond motifs is 1. The van der Waals surface area contributed by atoms with Gasteiger partial charge >= 0.3 is 0 Å². The van der Waals surface area contributed by atoms with Crippen LogP contribution in [0.4, 0.5) is 4.39 Å². The number of aryl methyl sites for hydroxylation is 1. The fourth-order valence-electron chi connectivity index (χ4n) is 5.88. The van der Waals surface area contributed by atoms with Gasteiger partial charge in [-0.1, -0.05) is 41.9 Å². The molecule has 3 aromatic carbocycles. The summed E-state index contributed by atoms with van der Waals surface area (Å²) < 4.78 is 46.0. The molecule has 0 saturated heterocycles. The zero-order valence-electron chi connectivity index (χ0n) is 24.0. The topological polar surface area (TPSA) is 75.7 Å². The van der Waals surface area contributed by atoms with E-state index in [1.165, 1.54) is 12.3 Å². The molecule has 6 nitrogen and oxygen atoms in total. The molecule has 1 amide bonds. The second kappa shape index (κ2) is 12.3. The van der Waals surface area contributed by atoms with Gasteiger partial charge in [-0.05, 0) is 75.0 Å². The minimum absolute atomic E-state index is 0.0639. The molecular weight excluding hydrogens is 595 g/mol. The van der Waals surface area contributed by atoms with E-state index in [0.717, 1.165) is 48.1 Å². The fraction of sp³-hybridized carbons (Fsp3) is 0.344. The zero-order valence-corrected chi connectivity index (χ0v) is 26.4. The summed E-state index contributed by atoms with van der Waals surface area (Å²) in [6.45, 7) is 2.08. The first-order valence-electron chi connectivity index (χ1n) is 13.8. The van der Waals surface area contributed by atoms with Crippen LogP contribution in [0.3, 0.4) is 0 Å². The molecule has 4 aromatic rings. The summed E-state index contributed by atoms with van der Waals surface area (Å²) in [7, 11) is 0.0440. The molecule has 5 rings (SSSR count). The van der Waals surface area contributed by atoms with Gasteiger partial charge in [-0.25, -0.2) is 12.8 Å². The van der Waals surface area contributed by atoms with Gasteiger partial charge in [-0.15, -0.1) is 11.3 Å². The van der Waals surface area contributed by atoms with E-state index in [1.54, 1.807) is 43.5 Å². The minimum atomic E-state index is -3.48. The Morgan fingerprint density at radius 2 is 1.83 bits per heavy atom. The molecule has 1 aromatic heterocycles. The Hall–Kier alpha value is -2.98. The molecular formula is C32H34ClFN2O4S2. The summed E-state index contributed by atoms with van der Waals surface area (Å²) in [5.74, 6) is -0.0694. The molecule has 222 valence electrons. The summed E-state index contributed by atoms with van der Waals surface area (Å²) in [5, 5.41) is 4.18. The predicted octanol–water partition coefficient (Wildman–Crippen LogP) is 7.25. The molecule has 0 aliphatic heterocycles. The lowest BCUT2D eigenvalue weighted by atomic mass is 9.89. The van der Waals surface area contributed by atoms with E-state index in [4.69, 9.17) is 16.3 Å². The highest BCUT2D eigenvalue weighted by Crippen LogP contribution is 2.41. The standard InChI is InChI=1S/C32H34ClFN2O4S2/c1-19-9-15-25(34)30-28(19)29(33)31(41-30)32(37)36(23-13-11-22(35-2)12-14-23)18-21-17-20(10-16-26(21)40-3)24-7-5-6-8-27(24)42(4,38)39/h5-10,15-17,22-23,35H,11-14,18H2,1-4H3. The van der Waals surface area contributed by atoms with Crippen LogP contribution in [-0.4, -0.2) is 51.7 Å². The van der Waals surface area contributed by atoms with Gasteiger partial charge in [0.1, 0.15) is 16.4 Å². The van der Waals surface area contributed by atoms with E-state index in [1.807, 2.05) is 31.0 Å². The number of ether oxygens (including phenoxy) is 1. The van der Waals surface area contributed by atoms with Crippen LogP contribution in [0, 0.1) is 12.7 Å². The van der Waals surface area contributed by atoms with Crippen molar-refractivity contribution in [2.24, 2.45) is 0 Å². The molecule has 42 heavy (non-hydrogen) atoms. The smallest absolute Gasteiger partial charge is 0.266 e. The molecule has 0 spiro atoms. The Kier molecular flexibility index (Phi) is 8.94. The number of thiophene rings is 1. The highest BCUT2D eigenvalue weighted by atomic mass is 35.5. The van der Waals surface area contributed by atoms with E-state index in [2.05, 4.69) is 5.32 Å². The van der Waals surface area contributed by atoms with Crippen molar-refractivity contribution in [1.82, 2.24) is 10.2 Å². The first kappa shape index (κ1) is 30.5. The number of hydrogen-bond acceptors (Lipinski definition) is 6. The van der Waals surface area contributed by atoms with Crippen LogP contribution in [0.2, 0.25) is 5.02 Å². The Morgan fingerprint density at radius 1 is 1.12 bits per heavy atom. The zero-order chi connectivity index (χ0) is 30.2. The van der Waals surface area contributed by atoms with Crippen LogP contribution in [0.1, 0.15) is 46.5 Å². The Bertz CT molecular complexity index is 1750.